The van der Waals surface area contributed by atoms with Crippen LogP contribution >= 0.6 is 0 Å². The van der Waals surface area contributed by atoms with Crippen LogP contribution in [0.25, 0.3) is 0 Å². The van der Waals surface area contributed by atoms with Gasteiger partial charge in [0.05, 0.1) is 14.2 Å². The van der Waals surface area contributed by atoms with E-state index in [1.165, 1.54) is 12.0 Å². The van der Waals surface area contributed by atoms with Crippen LogP contribution in [0.15, 0.2) is 42.5 Å². The lowest BCUT2D eigenvalue weighted by molar-refractivity contribution is -0.134. The molecule has 2 aromatic carbocycles. The van der Waals surface area contributed by atoms with Crippen LogP contribution in [0.2, 0.25) is 0 Å². The van der Waals surface area contributed by atoms with Gasteiger partial charge in [0, 0.05) is 25.7 Å². The molecule has 2 aliphatic heterocycles. The van der Waals surface area contributed by atoms with Gasteiger partial charge in [-0.05, 0) is 68.3 Å². The number of ether oxygens (including phenoxy) is 3. The molecule has 0 atom stereocenters. The third-order valence-electron chi connectivity index (χ3n) is 7.52. The molecule has 0 N–H and O–H groups in total. The summed E-state index contributed by atoms with van der Waals surface area (Å²) in [5, 5.41) is 0. The zero-order valence-corrected chi connectivity index (χ0v) is 20.8. The van der Waals surface area contributed by atoms with Crippen molar-refractivity contribution in [2.45, 2.75) is 45.1 Å². The first-order chi connectivity index (χ1) is 16.5. The first-order valence-electron chi connectivity index (χ1n) is 12.4. The molecule has 184 valence electrons. The van der Waals surface area contributed by atoms with Gasteiger partial charge in [-0.15, -0.1) is 0 Å². The number of hydrogen-bond donors (Lipinski definition) is 0. The van der Waals surface area contributed by atoms with Crippen molar-refractivity contribution < 1.29 is 19.0 Å². The molecule has 34 heavy (non-hydrogen) atoms. The van der Waals surface area contributed by atoms with Gasteiger partial charge in [0.1, 0.15) is 5.75 Å². The quantitative estimate of drug-likeness (QED) is 0.662. The number of aryl methyl sites for hydroxylation is 1. The van der Waals surface area contributed by atoms with E-state index >= 15 is 0 Å². The maximum atomic E-state index is 12.9. The van der Waals surface area contributed by atoms with E-state index in [1.807, 2.05) is 36.2 Å². The molecule has 0 bridgehead atoms. The number of benzene rings is 2. The largest absolute Gasteiger partial charge is 0.493 e. The van der Waals surface area contributed by atoms with Crippen LogP contribution in [0.1, 0.15) is 43.2 Å². The summed E-state index contributed by atoms with van der Waals surface area (Å²) in [5.41, 5.74) is 2.52. The molecule has 6 heteroatoms. The van der Waals surface area contributed by atoms with Gasteiger partial charge in [-0.2, -0.15) is 0 Å². The Balaban J connectivity index is 1.43. The van der Waals surface area contributed by atoms with E-state index in [0.29, 0.717) is 0 Å². The number of carbonyl (C=O) groups excluding carboxylic acids is 1. The molecule has 1 spiro atoms. The predicted molar refractivity (Wildman–Crippen MR) is 134 cm³/mol. The Bertz CT molecular complexity index is 969. The van der Waals surface area contributed by atoms with Gasteiger partial charge in [0.15, 0.2) is 18.1 Å². The lowest BCUT2D eigenvalue weighted by Gasteiger charge is -2.44. The number of likely N-dealkylation sites (tertiary alicyclic amines) is 1. The minimum atomic E-state index is 0.0540. The van der Waals surface area contributed by atoms with Crippen molar-refractivity contribution >= 4 is 5.91 Å². The SMILES string of the molecule is COc1cccc(CN2CCC3(CCCCc4ccccc4OCC(=O)N(C)C3)CC2)c1OC. The maximum Gasteiger partial charge on any atom is 0.260 e. The fourth-order valence-corrected chi connectivity index (χ4v) is 5.50. The highest BCUT2D eigenvalue weighted by atomic mass is 16.5. The number of methoxy groups -OCH3 is 2. The van der Waals surface area contributed by atoms with Crippen LogP contribution < -0.4 is 14.2 Å². The summed E-state index contributed by atoms with van der Waals surface area (Å²) in [4.78, 5) is 17.3. The van der Waals surface area contributed by atoms with E-state index in [1.54, 1.807) is 14.2 Å². The number of carbonyl (C=O) groups is 1. The molecule has 0 aromatic heterocycles. The molecular weight excluding hydrogens is 428 g/mol. The zero-order valence-electron chi connectivity index (χ0n) is 20.8. The third-order valence-corrected chi connectivity index (χ3v) is 7.52. The van der Waals surface area contributed by atoms with E-state index in [-0.39, 0.29) is 17.9 Å². The van der Waals surface area contributed by atoms with Gasteiger partial charge in [-0.3, -0.25) is 9.69 Å². The molecular formula is C28H38N2O4. The van der Waals surface area contributed by atoms with Gasteiger partial charge >= 0.3 is 0 Å². The summed E-state index contributed by atoms with van der Waals surface area (Å²) in [5.74, 6) is 2.50. The summed E-state index contributed by atoms with van der Waals surface area (Å²) in [6, 6.07) is 14.2. The number of rotatable bonds is 4. The van der Waals surface area contributed by atoms with Crippen molar-refractivity contribution in [1.29, 1.82) is 0 Å². The molecule has 1 amide bonds. The first-order valence-corrected chi connectivity index (χ1v) is 12.4. The highest BCUT2D eigenvalue weighted by Gasteiger charge is 2.36. The Morgan fingerprint density at radius 2 is 1.76 bits per heavy atom. The lowest BCUT2D eigenvalue weighted by Crippen LogP contribution is -2.47. The molecule has 1 saturated heterocycles. The van der Waals surface area contributed by atoms with E-state index < -0.39 is 0 Å². The van der Waals surface area contributed by atoms with Crippen LogP contribution in [0.3, 0.4) is 0 Å². The average molecular weight is 467 g/mol. The highest BCUT2D eigenvalue weighted by molar-refractivity contribution is 5.77. The van der Waals surface area contributed by atoms with Crippen molar-refractivity contribution in [3.63, 3.8) is 0 Å². The molecule has 0 saturated carbocycles. The predicted octanol–water partition coefficient (Wildman–Crippen LogP) is 4.55. The van der Waals surface area contributed by atoms with Crippen molar-refractivity contribution in [2.75, 3.05) is 47.5 Å². The van der Waals surface area contributed by atoms with Gasteiger partial charge in [-0.25, -0.2) is 0 Å². The summed E-state index contributed by atoms with van der Waals surface area (Å²) in [6.07, 6.45) is 6.65. The van der Waals surface area contributed by atoms with Gasteiger partial charge < -0.3 is 19.1 Å². The van der Waals surface area contributed by atoms with Gasteiger partial charge in [0.2, 0.25) is 0 Å². The molecule has 4 rings (SSSR count). The highest BCUT2D eigenvalue weighted by Crippen LogP contribution is 2.39. The lowest BCUT2D eigenvalue weighted by atomic mass is 9.73. The monoisotopic (exact) mass is 466 g/mol. The molecule has 0 unspecified atom stereocenters. The average Bonchev–Trinajstić information content (AvgIpc) is 2.86. The Morgan fingerprint density at radius 1 is 0.971 bits per heavy atom. The van der Waals surface area contributed by atoms with Crippen LogP contribution in [0.4, 0.5) is 0 Å². The molecule has 2 heterocycles. The smallest absolute Gasteiger partial charge is 0.260 e. The van der Waals surface area contributed by atoms with E-state index in [0.717, 1.165) is 81.1 Å². The summed E-state index contributed by atoms with van der Waals surface area (Å²) >= 11 is 0. The van der Waals surface area contributed by atoms with Crippen LogP contribution in [-0.4, -0.2) is 63.2 Å². The Kier molecular flexibility index (Phi) is 7.99. The van der Waals surface area contributed by atoms with Crippen LogP contribution in [0.5, 0.6) is 17.2 Å². The standard InChI is InChI=1S/C28H38N2O4/c1-29-21-28(14-7-6-10-22-9-4-5-12-24(22)34-20-26(29)31)15-17-30(18-16-28)19-23-11-8-13-25(32-2)27(23)33-3/h4-5,8-9,11-13H,6-7,10,14-21H2,1-3H3. The molecule has 2 aromatic rings. The van der Waals surface area contributed by atoms with Crippen molar-refractivity contribution in [3.05, 3.63) is 53.6 Å². The number of nitrogens with zero attached hydrogens (tertiary/aromatic N) is 2. The Morgan fingerprint density at radius 3 is 2.53 bits per heavy atom. The van der Waals surface area contributed by atoms with Crippen LogP contribution in [0, 0.1) is 5.41 Å². The second kappa shape index (κ2) is 11.1. The normalized spacial score (nSPS) is 19.5. The first kappa shape index (κ1) is 24.4. The second-order valence-corrected chi connectivity index (χ2v) is 9.78. The molecule has 0 aliphatic carbocycles. The number of amides is 1. The van der Waals surface area contributed by atoms with Crippen LogP contribution in [-0.2, 0) is 17.8 Å². The minimum absolute atomic E-state index is 0.0540. The van der Waals surface area contributed by atoms with Gasteiger partial charge in [-0.1, -0.05) is 36.8 Å². The number of piperidine rings is 1. The van der Waals surface area contributed by atoms with Crippen molar-refractivity contribution in [2.24, 2.45) is 5.41 Å². The minimum Gasteiger partial charge on any atom is -0.493 e. The number of para-hydroxylation sites is 2. The fourth-order valence-electron chi connectivity index (χ4n) is 5.50. The molecule has 2 aliphatic rings. The number of likely N-dealkylation sites (N-methyl/N-ethyl adjacent to an activating group) is 1. The Hall–Kier alpha value is -2.73. The Labute approximate surface area is 203 Å². The van der Waals surface area contributed by atoms with E-state index in [4.69, 9.17) is 14.2 Å². The summed E-state index contributed by atoms with van der Waals surface area (Å²) < 4.78 is 17.0. The second-order valence-electron chi connectivity index (χ2n) is 9.78. The van der Waals surface area contributed by atoms with Crippen molar-refractivity contribution in [3.8, 4) is 17.2 Å². The van der Waals surface area contributed by atoms with Gasteiger partial charge in [0.25, 0.3) is 5.91 Å². The number of fused-ring (bicyclic) bond motifs is 1. The third kappa shape index (κ3) is 5.66. The topological polar surface area (TPSA) is 51.2 Å². The van der Waals surface area contributed by atoms with E-state index in [2.05, 4.69) is 23.1 Å². The van der Waals surface area contributed by atoms with Crippen molar-refractivity contribution in [1.82, 2.24) is 9.80 Å². The molecule has 0 radical (unpaired) electrons. The maximum absolute atomic E-state index is 12.9. The number of hydrogen-bond acceptors (Lipinski definition) is 5. The van der Waals surface area contributed by atoms with E-state index in [9.17, 15) is 4.79 Å². The fraction of sp³-hybridized carbons (Fsp3) is 0.536. The molecule has 1 fully saturated rings. The molecule has 6 nitrogen and oxygen atoms in total. The zero-order chi connectivity index (χ0) is 24.0. The summed E-state index contributed by atoms with van der Waals surface area (Å²) in [7, 11) is 5.31. The summed E-state index contributed by atoms with van der Waals surface area (Å²) in [6.45, 7) is 3.78.